The molecule has 0 aromatic carbocycles. The minimum Gasteiger partial charge on any atom is -0.379 e. The van der Waals surface area contributed by atoms with Crippen LogP contribution in [0.5, 0.6) is 0 Å². The van der Waals surface area contributed by atoms with Crippen molar-refractivity contribution in [2.45, 2.75) is 51.2 Å². The van der Waals surface area contributed by atoms with Gasteiger partial charge in [-0.05, 0) is 44.9 Å². The zero-order valence-electron chi connectivity index (χ0n) is 12.5. The second-order valence-electron chi connectivity index (χ2n) is 4.99. The third kappa shape index (κ3) is 11.3. The molecular weight excluding hydrogens is 371 g/mol. The number of alkyl halides is 1. The number of unbranched alkanes of at least 4 members (excludes halogenated alkanes) is 2. The highest BCUT2D eigenvalue weighted by atomic mass is 127. The summed E-state index contributed by atoms with van der Waals surface area (Å²) in [6.45, 7) is 4.79. The van der Waals surface area contributed by atoms with E-state index >= 15 is 0 Å². The molecule has 0 bridgehead atoms. The molecule has 120 valence electrons. The average Bonchev–Trinajstić information content (AvgIpc) is 2.49. The molecule has 1 atom stereocenters. The van der Waals surface area contributed by atoms with Gasteiger partial charge in [0.2, 0.25) is 0 Å². The molecule has 0 radical (unpaired) electrons. The molecule has 0 aromatic rings. The Kier molecular flexibility index (Phi) is 13.5. The van der Waals surface area contributed by atoms with Gasteiger partial charge in [-0.15, -0.1) is 0 Å². The minimum absolute atomic E-state index is 0.0553. The van der Waals surface area contributed by atoms with Crippen molar-refractivity contribution in [1.29, 1.82) is 0 Å². The van der Waals surface area contributed by atoms with E-state index in [4.69, 9.17) is 18.9 Å². The summed E-state index contributed by atoms with van der Waals surface area (Å²) in [5, 5.41) is 0. The van der Waals surface area contributed by atoms with E-state index in [1.54, 1.807) is 0 Å². The van der Waals surface area contributed by atoms with E-state index in [0.29, 0.717) is 6.61 Å². The van der Waals surface area contributed by atoms with E-state index < -0.39 is 0 Å². The van der Waals surface area contributed by atoms with Crippen LogP contribution in [0.3, 0.4) is 0 Å². The average molecular weight is 400 g/mol. The summed E-state index contributed by atoms with van der Waals surface area (Å²) < 4.78 is 23.3. The first-order chi connectivity index (χ1) is 9.93. The molecule has 0 saturated carbocycles. The van der Waals surface area contributed by atoms with Crippen molar-refractivity contribution >= 4 is 22.6 Å². The van der Waals surface area contributed by atoms with Crippen LogP contribution in [-0.2, 0) is 18.9 Å². The van der Waals surface area contributed by atoms with Crippen LogP contribution in [0, 0.1) is 0 Å². The van der Waals surface area contributed by atoms with Gasteiger partial charge in [0.25, 0.3) is 0 Å². The van der Waals surface area contributed by atoms with Gasteiger partial charge in [-0.25, -0.2) is 0 Å². The van der Waals surface area contributed by atoms with Crippen LogP contribution in [0.25, 0.3) is 0 Å². The van der Waals surface area contributed by atoms with Crippen molar-refractivity contribution in [3.05, 3.63) is 0 Å². The highest BCUT2D eigenvalue weighted by molar-refractivity contribution is 14.1. The van der Waals surface area contributed by atoms with Crippen molar-refractivity contribution in [3.63, 3.8) is 0 Å². The molecule has 0 spiro atoms. The fraction of sp³-hybridized carbons (Fsp3) is 1.00. The van der Waals surface area contributed by atoms with Gasteiger partial charge in [0.1, 0.15) is 0 Å². The van der Waals surface area contributed by atoms with Crippen LogP contribution in [-0.4, -0.2) is 50.4 Å². The first-order valence-corrected chi connectivity index (χ1v) is 9.40. The number of ether oxygens (including phenoxy) is 4. The molecule has 5 heteroatoms. The van der Waals surface area contributed by atoms with Crippen LogP contribution >= 0.6 is 22.6 Å². The molecule has 1 heterocycles. The summed E-state index contributed by atoms with van der Waals surface area (Å²) >= 11 is 2.36. The summed E-state index contributed by atoms with van der Waals surface area (Å²) in [4.78, 5) is 0. The Morgan fingerprint density at radius 1 is 0.850 bits per heavy atom. The number of hydrogen-bond donors (Lipinski definition) is 0. The van der Waals surface area contributed by atoms with E-state index in [1.165, 1.54) is 12.8 Å². The summed E-state index contributed by atoms with van der Waals surface area (Å²) in [6.07, 6.45) is 8.00. The number of halogens is 1. The summed E-state index contributed by atoms with van der Waals surface area (Å²) in [5.41, 5.74) is 0. The van der Waals surface area contributed by atoms with Crippen molar-refractivity contribution in [2.24, 2.45) is 0 Å². The lowest BCUT2D eigenvalue weighted by molar-refractivity contribution is -0.162. The van der Waals surface area contributed by atoms with E-state index in [-0.39, 0.29) is 6.29 Å². The third-order valence-electron chi connectivity index (χ3n) is 3.17. The lowest BCUT2D eigenvalue weighted by atomic mass is 10.2. The maximum Gasteiger partial charge on any atom is 0.157 e. The first kappa shape index (κ1) is 18.6. The van der Waals surface area contributed by atoms with Crippen LogP contribution in [0.2, 0.25) is 0 Å². The molecule has 20 heavy (non-hydrogen) atoms. The van der Waals surface area contributed by atoms with Crippen LogP contribution < -0.4 is 0 Å². The summed E-state index contributed by atoms with van der Waals surface area (Å²) in [5.74, 6) is 0. The largest absolute Gasteiger partial charge is 0.379 e. The summed E-state index contributed by atoms with van der Waals surface area (Å²) in [6, 6.07) is 0. The highest BCUT2D eigenvalue weighted by Crippen LogP contribution is 2.14. The Balaban J connectivity index is 1.70. The standard InChI is InChI=1S/C15H29IO4/c16-8-6-10-18-14-13-17-9-3-1-4-11-19-15-7-2-5-12-20-15/h15H,1-14H2. The second kappa shape index (κ2) is 14.5. The zero-order valence-corrected chi connectivity index (χ0v) is 14.6. The van der Waals surface area contributed by atoms with Crippen molar-refractivity contribution in [2.75, 3.05) is 44.1 Å². The number of rotatable bonds is 13. The lowest BCUT2D eigenvalue weighted by Crippen LogP contribution is -2.22. The first-order valence-electron chi connectivity index (χ1n) is 7.88. The fourth-order valence-corrected chi connectivity index (χ4v) is 2.33. The van der Waals surface area contributed by atoms with Gasteiger partial charge in [-0.1, -0.05) is 22.6 Å². The van der Waals surface area contributed by atoms with Crippen molar-refractivity contribution < 1.29 is 18.9 Å². The minimum atomic E-state index is 0.0553. The Hall–Kier alpha value is 0.570. The fourth-order valence-electron chi connectivity index (χ4n) is 2.02. The van der Waals surface area contributed by atoms with Gasteiger partial charge in [-0.3, -0.25) is 0 Å². The van der Waals surface area contributed by atoms with E-state index in [2.05, 4.69) is 22.6 Å². The predicted octanol–water partition coefficient (Wildman–Crippen LogP) is 3.56. The molecule has 4 nitrogen and oxygen atoms in total. The normalized spacial score (nSPS) is 19.4. The molecule has 1 aliphatic rings. The maximum atomic E-state index is 5.68. The highest BCUT2D eigenvalue weighted by Gasteiger charge is 2.13. The topological polar surface area (TPSA) is 36.9 Å². The van der Waals surface area contributed by atoms with Gasteiger partial charge in [0, 0.05) is 30.9 Å². The van der Waals surface area contributed by atoms with Crippen molar-refractivity contribution in [3.8, 4) is 0 Å². The van der Waals surface area contributed by atoms with Crippen LogP contribution in [0.1, 0.15) is 44.9 Å². The Labute approximate surface area is 137 Å². The molecule has 0 amide bonds. The molecule has 0 aliphatic carbocycles. The van der Waals surface area contributed by atoms with E-state index in [9.17, 15) is 0 Å². The predicted molar refractivity (Wildman–Crippen MR) is 88.5 cm³/mol. The summed E-state index contributed by atoms with van der Waals surface area (Å²) in [7, 11) is 0. The maximum absolute atomic E-state index is 5.68. The Morgan fingerprint density at radius 3 is 2.30 bits per heavy atom. The molecule has 1 fully saturated rings. The lowest BCUT2D eigenvalue weighted by Gasteiger charge is -2.22. The Morgan fingerprint density at radius 2 is 1.60 bits per heavy atom. The van der Waals surface area contributed by atoms with Gasteiger partial charge in [0.05, 0.1) is 13.2 Å². The smallest absolute Gasteiger partial charge is 0.157 e. The number of hydrogen-bond acceptors (Lipinski definition) is 4. The van der Waals surface area contributed by atoms with Gasteiger partial charge >= 0.3 is 0 Å². The third-order valence-corrected chi connectivity index (χ3v) is 3.93. The molecule has 0 aromatic heterocycles. The molecule has 1 saturated heterocycles. The zero-order chi connectivity index (χ0) is 14.3. The Bertz CT molecular complexity index is 198. The second-order valence-corrected chi connectivity index (χ2v) is 6.07. The monoisotopic (exact) mass is 400 g/mol. The molecule has 1 unspecified atom stereocenters. The van der Waals surface area contributed by atoms with Crippen molar-refractivity contribution in [1.82, 2.24) is 0 Å². The van der Waals surface area contributed by atoms with E-state index in [0.717, 1.165) is 69.6 Å². The van der Waals surface area contributed by atoms with Gasteiger partial charge in [0.15, 0.2) is 6.29 Å². The van der Waals surface area contributed by atoms with Gasteiger partial charge < -0.3 is 18.9 Å². The molecule has 1 aliphatic heterocycles. The van der Waals surface area contributed by atoms with E-state index in [1.807, 2.05) is 0 Å². The quantitative estimate of drug-likeness (QED) is 0.269. The molecular formula is C15H29IO4. The molecule has 0 N–H and O–H groups in total. The van der Waals surface area contributed by atoms with Crippen LogP contribution in [0.4, 0.5) is 0 Å². The van der Waals surface area contributed by atoms with Gasteiger partial charge in [-0.2, -0.15) is 0 Å². The SMILES string of the molecule is ICCCOCCOCCCCCOC1CCCCO1. The van der Waals surface area contributed by atoms with Crippen LogP contribution in [0.15, 0.2) is 0 Å². The molecule has 1 rings (SSSR count).